The third-order valence-electron chi connectivity index (χ3n) is 3.99. The molecule has 6 heteroatoms. The molecule has 1 aromatic carbocycles. The molecule has 0 spiro atoms. The number of benzene rings is 1. The number of fused-ring (bicyclic) bond motifs is 1. The van der Waals surface area contributed by atoms with E-state index in [0.717, 1.165) is 29.8 Å². The topological polar surface area (TPSA) is 63.9 Å². The van der Waals surface area contributed by atoms with Gasteiger partial charge in [0.15, 0.2) is 0 Å². The maximum Gasteiger partial charge on any atom is 0.266 e. The molecule has 4 rings (SSSR count). The van der Waals surface area contributed by atoms with Crippen molar-refractivity contribution in [1.82, 2.24) is 19.7 Å². The van der Waals surface area contributed by atoms with Gasteiger partial charge in [0.25, 0.3) is 5.56 Å². The summed E-state index contributed by atoms with van der Waals surface area (Å²) >= 11 is 0. The normalized spacial score (nSPS) is 15.0. The molecule has 3 heterocycles. The Hall–Kier alpha value is -2.76. The molecule has 0 N–H and O–H groups in total. The van der Waals surface area contributed by atoms with E-state index in [2.05, 4.69) is 20.0 Å². The van der Waals surface area contributed by atoms with Crippen LogP contribution in [0.5, 0.6) is 0 Å². The van der Waals surface area contributed by atoms with E-state index in [4.69, 9.17) is 0 Å². The Morgan fingerprint density at radius 2 is 1.95 bits per heavy atom. The first kappa shape index (κ1) is 12.9. The zero-order valence-corrected chi connectivity index (χ0v) is 12.0. The van der Waals surface area contributed by atoms with E-state index < -0.39 is 0 Å². The molecule has 0 amide bonds. The summed E-state index contributed by atoms with van der Waals surface area (Å²) in [5.74, 6) is 1.39. The Balaban J connectivity index is 1.51. The summed E-state index contributed by atoms with van der Waals surface area (Å²) in [4.78, 5) is 22.6. The monoisotopic (exact) mass is 293 g/mol. The summed E-state index contributed by atoms with van der Waals surface area (Å²) in [5, 5.41) is 5.18. The highest BCUT2D eigenvalue weighted by Gasteiger charge is 2.29. The van der Waals surface area contributed by atoms with Crippen LogP contribution in [0.15, 0.2) is 53.7 Å². The molecule has 0 unspecified atom stereocenters. The summed E-state index contributed by atoms with van der Waals surface area (Å²) in [6.45, 7) is 2.41. The average Bonchev–Trinajstić information content (AvgIpc) is 2.52. The van der Waals surface area contributed by atoms with E-state index in [1.165, 1.54) is 4.68 Å². The van der Waals surface area contributed by atoms with Gasteiger partial charge in [0.2, 0.25) is 0 Å². The fraction of sp³-hybridized carbons (Fsp3) is 0.250. The predicted molar refractivity (Wildman–Crippen MR) is 83.7 cm³/mol. The standard InChI is InChI=1S/C16H15N5O/c22-15-6-3-7-19-21(15)10-12-8-20(9-12)16-13-4-1-2-5-14(13)17-11-18-16/h1-7,11-12H,8-10H2. The molecular weight excluding hydrogens is 278 g/mol. The van der Waals surface area contributed by atoms with Gasteiger partial charge in [-0.3, -0.25) is 4.79 Å². The van der Waals surface area contributed by atoms with Crippen molar-refractivity contribution in [2.45, 2.75) is 6.54 Å². The van der Waals surface area contributed by atoms with Crippen LogP contribution >= 0.6 is 0 Å². The van der Waals surface area contributed by atoms with Crippen LogP contribution in [0.3, 0.4) is 0 Å². The Bertz CT molecular complexity index is 864. The van der Waals surface area contributed by atoms with Crippen LogP contribution in [0.4, 0.5) is 5.82 Å². The summed E-state index contributed by atoms with van der Waals surface area (Å²) in [6, 6.07) is 11.2. The Morgan fingerprint density at radius 3 is 2.82 bits per heavy atom. The van der Waals surface area contributed by atoms with Gasteiger partial charge in [0.1, 0.15) is 12.1 Å². The Morgan fingerprint density at radius 1 is 1.09 bits per heavy atom. The molecule has 1 fully saturated rings. The van der Waals surface area contributed by atoms with Gasteiger partial charge in [0, 0.05) is 36.7 Å². The fourth-order valence-electron chi connectivity index (χ4n) is 2.87. The van der Waals surface area contributed by atoms with Crippen LogP contribution in [0.1, 0.15) is 0 Å². The lowest BCUT2D eigenvalue weighted by Crippen LogP contribution is -2.50. The van der Waals surface area contributed by atoms with Gasteiger partial charge in [-0.15, -0.1) is 0 Å². The zero-order chi connectivity index (χ0) is 14.9. The number of nitrogens with zero attached hydrogens (tertiary/aromatic N) is 5. The molecule has 22 heavy (non-hydrogen) atoms. The lowest BCUT2D eigenvalue weighted by atomic mass is 9.99. The second kappa shape index (κ2) is 5.22. The molecule has 6 nitrogen and oxygen atoms in total. The lowest BCUT2D eigenvalue weighted by Gasteiger charge is -2.40. The van der Waals surface area contributed by atoms with E-state index >= 15 is 0 Å². The third kappa shape index (κ3) is 2.22. The van der Waals surface area contributed by atoms with Gasteiger partial charge in [0.05, 0.1) is 12.1 Å². The first-order valence-corrected chi connectivity index (χ1v) is 7.28. The highest BCUT2D eigenvalue weighted by atomic mass is 16.1. The highest BCUT2D eigenvalue weighted by Crippen LogP contribution is 2.28. The van der Waals surface area contributed by atoms with Crippen LogP contribution in [0.25, 0.3) is 10.9 Å². The minimum atomic E-state index is -0.0477. The van der Waals surface area contributed by atoms with E-state index in [-0.39, 0.29) is 5.56 Å². The van der Waals surface area contributed by atoms with Crippen molar-refractivity contribution in [1.29, 1.82) is 0 Å². The molecule has 0 bridgehead atoms. The molecule has 1 saturated heterocycles. The van der Waals surface area contributed by atoms with Crippen LogP contribution in [-0.2, 0) is 6.54 Å². The summed E-state index contributed by atoms with van der Waals surface area (Å²) in [6.07, 6.45) is 3.25. The lowest BCUT2D eigenvalue weighted by molar-refractivity contribution is 0.333. The van der Waals surface area contributed by atoms with Crippen LogP contribution in [0.2, 0.25) is 0 Å². The Kier molecular flexibility index (Phi) is 3.07. The summed E-state index contributed by atoms with van der Waals surface area (Å²) in [7, 11) is 0. The quantitative estimate of drug-likeness (QED) is 0.729. The van der Waals surface area contributed by atoms with Crippen molar-refractivity contribution in [3.63, 3.8) is 0 Å². The second-order valence-corrected chi connectivity index (χ2v) is 5.53. The second-order valence-electron chi connectivity index (χ2n) is 5.53. The smallest absolute Gasteiger partial charge is 0.266 e. The molecular formula is C16H15N5O. The van der Waals surface area contributed by atoms with Gasteiger partial charge in [-0.2, -0.15) is 5.10 Å². The van der Waals surface area contributed by atoms with Crippen molar-refractivity contribution in [2.75, 3.05) is 18.0 Å². The van der Waals surface area contributed by atoms with E-state index in [0.29, 0.717) is 12.5 Å². The number of para-hydroxylation sites is 1. The van der Waals surface area contributed by atoms with Crippen molar-refractivity contribution in [3.8, 4) is 0 Å². The van der Waals surface area contributed by atoms with Crippen molar-refractivity contribution in [2.24, 2.45) is 5.92 Å². The SMILES string of the molecule is O=c1cccnn1CC1CN(c2ncnc3ccccc23)C1. The predicted octanol–water partition coefficient (Wildman–Crippen LogP) is 1.32. The third-order valence-corrected chi connectivity index (χ3v) is 3.99. The molecule has 0 saturated carbocycles. The van der Waals surface area contributed by atoms with Crippen molar-refractivity contribution in [3.05, 3.63) is 59.3 Å². The fourth-order valence-corrected chi connectivity index (χ4v) is 2.87. The van der Waals surface area contributed by atoms with Gasteiger partial charge in [-0.25, -0.2) is 14.6 Å². The number of hydrogen-bond donors (Lipinski definition) is 0. The number of aromatic nitrogens is 4. The first-order chi connectivity index (χ1) is 10.8. The molecule has 3 aromatic rings. The van der Waals surface area contributed by atoms with Crippen LogP contribution in [-0.4, -0.2) is 32.8 Å². The van der Waals surface area contributed by atoms with Gasteiger partial charge in [-0.1, -0.05) is 12.1 Å². The van der Waals surface area contributed by atoms with E-state index in [1.54, 1.807) is 24.7 Å². The molecule has 0 atom stereocenters. The average molecular weight is 293 g/mol. The molecule has 110 valence electrons. The molecule has 1 aliphatic rings. The minimum absolute atomic E-state index is 0.0477. The highest BCUT2D eigenvalue weighted by molar-refractivity contribution is 5.89. The minimum Gasteiger partial charge on any atom is -0.355 e. The van der Waals surface area contributed by atoms with Gasteiger partial charge < -0.3 is 4.90 Å². The number of rotatable bonds is 3. The summed E-state index contributed by atoms with van der Waals surface area (Å²) < 4.78 is 1.53. The van der Waals surface area contributed by atoms with Crippen molar-refractivity contribution < 1.29 is 0 Å². The summed E-state index contributed by atoms with van der Waals surface area (Å²) in [5.41, 5.74) is 0.908. The molecule has 0 aliphatic carbocycles. The maximum atomic E-state index is 11.7. The van der Waals surface area contributed by atoms with Crippen LogP contribution < -0.4 is 10.5 Å². The van der Waals surface area contributed by atoms with E-state index in [1.807, 2.05) is 24.3 Å². The first-order valence-electron chi connectivity index (χ1n) is 7.28. The van der Waals surface area contributed by atoms with Crippen LogP contribution in [0, 0.1) is 5.92 Å². The molecule has 2 aromatic heterocycles. The van der Waals surface area contributed by atoms with Gasteiger partial charge in [-0.05, 0) is 18.2 Å². The van der Waals surface area contributed by atoms with E-state index in [9.17, 15) is 4.79 Å². The zero-order valence-electron chi connectivity index (χ0n) is 12.0. The number of hydrogen-bond acceptors (Lipinski definition) is 5. The molecule has 1 aliphatic heterocycles. The maximum absolute atomic E-state index is 11.7. The molecule has 0 radical (unpaired) electrons. The largest absolute Gasteiger partial charge is 0.355 e. The van der Waals surface area contributed by atoms with Gasteiger partial charge >= 0.3 is 0 Å². The van der Waals surface area contributed by atoms with Crippen molar-refractivity contribution >= 4 is 16.7 Å². The Labute approximate surface area is 127 Å². The number of anilines is 1.